The Hall–Kier alpha value is -2.67. The second-order valence-electron chi connectivity index (χ2n) is 5.45. The lowest BCUT2D eigenvalue weighted by atomic mass is 10.2. The molecule has 1 fully saturated rings. The molecule has 0 spiro atoms. The Labute approximate surface area is 152 Å². The van der Waals surface area contributed by atoms with Crippen LogP contribution in [0.15, 0.2) is 71.8 Å². The Morgan fingerprint density at radius 2 is 1.50 bits per heavy atom. The number of hydrogen-bond acceptors (Lipinski definition) is 5. The van der Waals surface area contributed by atoms with Gasteiger partial charge in [-0.2, -0.15) is 8.78 Å². The SMILES string of the molecule is O=C(O/C=C1/SC[C@@H](OC(=O)c2ccccc2)C1(F)F)c1ccccc1. The smallest absolute Gasteiger partial charge is 0.342 e. The van der Waals surface area contributed by atoms with Gasteiger partial charge in [-0.1, -0.05) is 36.4 Å². The van der Waals surface area contributed by atoms with Crippen LogP contribution in [0.25, 0.3) is 0 Å². The molecule has 26 heavy (non-hydrogen) atoms. The van der Waals surface area contributed by atoms with Crippen molar-refractivity contribution in [1.29, 1.82) is 0 Å². The van der Waals surface area contributed by atoms with Gasteiger partial charge in [0.1, 0.15) is 6.26 Å². The van der Waals surface area contributed by atoms with E-state index in [1.54, 1.807) is 36.4 Å². The van der Waals surface area contributed by atoms with Gasteiger partial charge >= 0.3 is 17.9 Å². The molecule has 0 saturated carbocycles. The third-order valence-corrected chi connectivity index (χ3v) is 4.81. The molecule has 4 nitrogen and oxygen atoms in total. The number of halogens is 2. The van der Waals surface area contributed by atoms with E-state index < -0.39 is 28.9 Å². The van der Waals surface area contributed by atoms with Gasteiger partial charge in [-0.3, -0.25) is 0 Å². The first-order valence-electron chi connectivity index (χ1n) is 7.72. The maximum atomic E-state index is 14.4. The number of carbonyl (C=O) groups excluding carboxylic acids is 2. The molecule has 1 aliphatic rings. The Kier molecular flexibility index (Phi) is 5.37. The summed E-state index contributed by atoms with van der Waals surface area (Å²) < 4.78 is 38.7. The zero-order valence-electron chi connectivity index (χ0n) is 13.4. The summed E-state index contributed by atoms with van der Waals surface area (Å²) in [6, 6.07) is 16.0. The maximum Gasteiger partial charge on any atom is 0.342 e. The number of hydrogen-bond donors (Lipinski definition) is 0. The summed E-state index contributed by atoms with van der Waals surface area (Å²) >= 11 is 0.788. The fraction of sp³-hybridized carbons (Fsp3) is 0.158. The molecule has 0 radical (unpaired) electrons. The largest absolute Gasteiger partial charge is 0.451 e. The van der Waals surface area contributed by atoms with Crippen LogP contribution in [0.2, 0.25) is 0 Å². The van der Waals surface area contributed by atoms with Gasteiger partial charge in [-0.15, -0.1) is 11.8 Å². The van der Waals surface area contributed by atoms with Crippen molar-refractivity contribution in [2.24, 2.45) is 0 Å². The van der Waals surface area contributed by atoms with Crippen molar-refractivity contribution in [1.82, 2.24) is 0 Å². The van der Waals surface area contributed by atoms with Crippen molar-refractivity contribution in [3.05, 3.63) is 83.0 Å². The van der Waals surface area contributed by atoms with E-state index in [2.05, 4.69) is 0 Å². The van der Waals surface area contributed by atoms with Gasteiger partial charge in [0, 0.05) is 5.75 Å². The zero-order chi connectivity index (χ0) is 18.6. The van der Waals surface area contributed by atoms with Crippen LogP contribution in [0.1, 0.15) is 20.7 Å². The number of rotatable bonds is 4. The molecule has 0 aliphatic carbocycles. The van der Waals surface area contributed by atoms with Crippen LogP contribution in [-0.2, 0) is 9.47 Å². The van der Waals surface area contributed by atoms with E-state index in [4.69, 9.17) is 9.47 Å². The molecule has 1 aliphatic heterocycles. The minimum Gasteiger partial charge on any atom is -0.451 e. The molecular weight excluding hydrogens is 362 g/mol. The Morgan fingerprint density at radius 3 is 2.08 bits per heavy atom. The summed E-state index contributed by atoms with van der Waals surface area (Å²) in [5.74, 6) is -5.11. The van der Waals surface area contributed by atoms with Crippen LogP contribution >= 0.6 is 11.8 Å². The first-order chi connectivity index (χ1) is 12.5. The van der Waals surface area contributed by atoms with Gasteiger partial charge in [0.25, 0.3) is 0 Å². The molecule has 2 aromatic carbocycles. The lowest BCUT2D eigenvalue weighted by molar-refractivity contribution is -0.0695. The molecule has 1 saturated heterocycles. The Bertz CT molecular complexity index is 822. The van der Waals surface area contributed by atoms with E-state index in [0.29, 0.717) is 0 Å². The van der Waals surface area contributed by atoms with Crippen LogP contribution in [0, 0.1) is 0 Å². The van der Waals surface area contributed by atoms with Crippen molar-refractivity contribution in [3.63, 3.8) is 0 Å². The standard InChI is InChI=1S/C19H14F2O4S/c20-19(21)15(25-18(23)14-9-5-2-6-10-14)12-26-16(19)11-24-17(22)13-7-3-1-4-8-13/h1-11,15H,12H2/b16-11+/t15-/m1/s1. The highest BCUT2D eigenvalue weighted by Crippen LogP contribution is 2.45. The Balaban J connectivity index is 1.66. The van der Waals surface area contributed by atoms with Gasteiger partial charge in [0.15, 0.2) is 6.10 Å². The monoisotopic (exact) mass is 376 g/mol. The lowest BCUT2D eigenvalue weighted by Crippen LogP contribution is -2.35. The molecule has 0 unspecified atom stereocenters. The number of alkyl halides is 2. The van der Waals surface area contributed by atoms with Crippen LogP contribution in [0.3, 0.4) is 0 Å². The number of benzene rings is 2. The normalized spacial score (nSPS) is 19.9. The van der Waals surface area contributed by atoms with Crippen LogP contribution in [-0.4, -0.2) is 29.7 Å². The van der Waals surface area contributed by atoms with Crippen molar-refractivity contribution in [2.45, 2.75) is 12.0 Å². The zero-order valence-corrected chi connectivity index (χ0v) is 14.2. The van der Waals surface area contributed by atoms with Crippen molar-refractivity contribution in [3.8, 4) is 0 Å². The summed E-state index contributed by atoms with van der Waals surface area (Å²) in [5.41, 5.74) is 0.448. The van der Waals surface area contributed by atoms with E-state index >= 15 is 0 Å². The van der Waals surface area contributed by atoms with Gasteiger partial charge in [-0.25, -0.2) is 9.59 Å². The summed E-state index contributed by atoms with van der Waals surface area (Å²) in [7, 11) is 0. The highest BCUT2D eigenvalue weighted by Gasteiger charge is 2.52. The molecule has 7 heteroatoms. The predicted octanol–water partition coefficient (Wildman–Crippen LogP) is 4.29. The first kappa shape index (κ1) is 18.1. The minimum atomic E-state index is -3.42. The predicted molar refractivity (Wildman–Crippen MR) is 93.0 cm³/mol. The minimum absolute atomic E-state index is 0.125. The highest BCUT2D eigenvalue weighted by atomic mass is 32.2. The molecule has 0 bridgehead atoms. The first-order valence-corrected chi connectivity index (χ1v) is 8.70. The molecule has 1 heterocycles. The fourth-order valence-corrected chi connectivity index (χ4v) is 3.31. The fourth-order valence-electron chi connectivity index (χ4n) is 2.27. The molecule has 134 valence electrons. The number of esters is 2. The average molecular weight is 376 g/mol. The van der Waals surface area contributed by atoms with Crippen LogP contribution in [0.4, 0.5) is 8.78 Å². The molecule has 1 atom stereocenters. The topological polar surface area (TPSA) is 52.6 Å². The van der Waals surface area contributed by atoms with Crippen LogP contribution in [0.5, 0.6) is 0 Å². The quantitative estimate of drug-likeness (QED) is 0.588. The summed E-state index contributed by atoms with van der Waals surface area (Å²) in [4.78, 5) is 23.4. The molecule has 0 amide bonds. The maximum absolute atomic E-state index is 14.4. The number of carbonyl (C=O) groups is 2. The van der Waals surface area contributed by atoms with Crippen molar-refractivity contribution >= 4 is 23.7 Å². The average Bonchev–Trinajstić information content (AvgIpc) is 2.94. The Morgan fingerprint density at radius 1 is 0.962 bits per heavy atom. The van der Waals surface area contributed by atoms with E-state index in [1.165, 1.54) is 24.3 Å². The molecule has 3 rings (SSSR count). The van der Waals surface area contributed by atoms with Crippen molar-refractivity contribution in [2.75, 3.05) is 5.75 Å². The van der Waals surface area contributed by atoms with E-state index in [1.807, 2.05) is 0 Å². The highest BCUT2D eigenvalue weighted by molar-refractivity contribution is 8.03. The molecular formula is C19H14F2O4S. The molecule has 0 aromatic heterocycles. The van der Waals surface area contributed by atoms with Gasteiger partial charge in [0.2, 0.25) is 0 Å². The number of ether oxygens (including phenoxy) is 2. The number of thioether (sulfide) groups is 1. The third-order valence-electron chi connectivity index (χ3n) is 3.66. The van der Waals surface area contributed by atoms with Gasteiger partial charge in [-0.05, 0) is 24.3 Å². The molecule has 0 N–H and O–H groups in total. The molecule has 2 aromatic rings. The summed E-state index contributed by atoms with van der Waals surface area (Å²) in [5, 5.41) is 0. The second kappa shape index (κ2) is 7.70. The summed E-state index contributed by atoms with van der Waals surface area (Å²) in [6.45, 7) is 0. The van der Waals surface area contributed by atoms with Gasteiger partial charge < -0.3 is 9.47 Å². The van der Waals surface area contributed by atoms with E-state index in [9.17, 15) is 18.4 Å². The lowest BCUT2D eigenvalue weighted by Gasteiger charge is -2.19. The van der Waals surface area contributed by atoms with E-state index in [0.717, 1.165) is 18.0 Å². The van der Waals surface area contributed by atoms with Crippen LogP contribution < -0.4 is 0 Å². The van der Waals surface area contributed by atoms with E-state index in [-0.39, 0.29) is 16.9 Å². The second-order valence-corrected chi connectivity index (χ2v) is 6.51. The summed E-state index contributed by atoms with van der Waals surface area (Å²) in [6.07, 6.45) is -0.891. The van der Waals surface area contributed by atoms with Crippen molar-refractivity contribution < 1.29 is 27.8 Å². The van der Waals surface area contributed by atoms with Gasteiger partial charge in [0.05, 0.1) is 16.0 Å². The third kappa shape index (κ3) is 3.94.